The van der Waals surface area contributed by atoms with E-state index < -0.39 is 53.1 Å². The smallest absolute Gasteiger partial charge is 0.412 e. The van der Waals surface area contributed by atoms with Gasteiger partial charge in [0.05, 0.1) is 25.0 Å². The summed E-state index contributed by atoms with van der Waals surface area (Å²) in [5.41, 5.74) is -0.303. The van der Waals surface area contributed by atoms with Gasteiger partial charge >= 0.3 is 6.09 Å². The van der Waals surface area contributed by atoms with Crippen molar-refractivity contribution < 1.29 is 32.3 Å². The SMILES string of the molecule is COC(=O)Nc1ncc(-c2ccccc2)n(CC(=O)N[C@H](C(=O)c2nnc(C(C)(C)c3nc4ccc(F)cc4o3)o2)C(C)C)c1=O. The number of aromatic nitrogens is 5. The van der Waals surface area contributed by atoms with Gasteiger partial charge in [0, 0.05) is 6.07 Å². The van der Waals surface area contributed by atoms with E-state index in [0.717, 1.165) is 11.7 Å². The lowest BCUT2D eigenvalue weighted by atomic mass is 9.93. The van der Waals surface area contributed by atoms with Gasteiger partial charge in [0.25, 0.3) is 11.4 Å². The van der Waals surface area contributed by atoms with Gasteiger partial charge in [0.1, 0.15) is 23.3 Å². The van der Waals surface area contributed by atoms with Crippen molar-refractivity contribution in [2.75, 3.05) is 12.4 Å². The number of carbonyl (C=O) groups excluding carboxylic acids is 3. The van der Waals surface area contributed by atoms with Crippen LogP contribution in [0.25, 0.3) is 22.4 Å². The number of fused-ring (bicyclic) bond motifs is 1. The molecule has 2 amide bonds. The number of halogens is 1. The van der Waals surface area contributed by atoms with Crippen molar-refractivity contribution in [2.45, 2.75) is 45.7 Å². The number of benzene rings is 2. The summed E-state index contributed by atoms with van der Waals surface area (Å²) in [4.78, 5) is 60.5. The Morgan fingerprint density at radius 2 is 1.78 bits per heavy atom. The summed E-state index contributed by atoms with van der Waals surface area (Å²) >= 11 is 0. The molecule has 238 valence electrons. The summed E-state index contributed by atoms with van der Waals surface area (Å²) in [6, 6.07) is 11.6. The topological polar surface area (TPSA) is 184 Å². The Kier molecular flexibility index (Phi) is 8.76. The Morgan fingerprint density at radius 3 is 2.48 bits per heavy atom. The standard InChI is InChI=1S/C31H30FN7O7/c1-16(2)23(24(41)26-37-38-29(46-26)31(3,4)28-34-19-12-11-18(32)13-21(19)45-28)35-22(40)15-39-20(17-9-7-6-8-10-17)14-33-25(27(39)42)36-30(43)44-5/h6-14,16,23H,15H2,1-5H3,(H,35,40)(H,33,36,43)/t23-/m0/s1. The highest BCUT2D eigenvalue weighted by Gasteiger charge is 2.37. The minimum Gasteiger partial charge on any atom is -0.453 e. The Hall–Kier alpha value is -5.73. The van der Waals surface area contributed by atoms with E-state index in [1.165, 1.54) is 24.4 Å². The van der Waals surface area contributed by atoms with Crippen molar-refractivity contribution >= 4 is 34.7 Å². The predicted octanol–water partition coefficient (Wildman–Crippen LogP) is 4.10. The summed E-state index contributed by atoms with van der Waals surface area (Å²) in [6.45, 7) is 6.30. The van der Waals surface area contributed by atoms with Crippen LogP contribution in [0.15, 0.2) is 68.4 Å². The van der Waals surface area contributed by atoms with E-state index in [-0.39, 0.29) is 29.1 Å². The number of ether oxygens (including phenoxy) is 1. The molecule has 0 radical (unpaired) electrons. The molecule has 0 bridgehead atoms. The number of hydrogen-bond donors (Lipinski definition) is 2. The molecule has 3 aromatic heterocycles. The molecule has 2 aromatic carbocycles. The van der Waals surface area contributed by atoms with Crippen LogP contribution >= 0.6 is 0 Å². The zero-order valence-corrected chi connectivity index (χ0v) is 25.5. The van der Waals surface area contributed by atoms with Crippen molar-refractivity contribution in [3.63, 3.8) is 0 Å². The number of carbonyl (C=O) groups is 3. The first kappa shape index (κ1) is 31.7. The van der Waals surface area contributed by atoms with Gasteiger partial charge in [-0.2, -0.15) is 0 Å². The van der Waals surface area contributed by atoms with Crippen LogP contribution in [-0.2, 0) is 21.5 Å². The molecule has 0 aliphatic carbocycles. The first-order valence-electron chi connectivity index (χ1n) is 14.1. The molecule has 0 unspecified atom stereocenters. The third-order valence-electron chi connectivity index (χ3n) is 7.15. The molecular weight excluding hydrogens is 601 g/mol. The Labute approximate surface area is 261 Å². The average Bonchev–Trinajstić information content (AvgIpc) is 3.70. The number of ketones is 1. The molecular formula is C31H30FN7O7. The largest absolute Gasteiger partial charge is 0.453 e. The number of nitrogens with zero attached hydrogens (tertiary/aromatic N) is 5. The van der Waals surface area contributed by atoms with Crippen LogP contribution in [0.5, 0.6) is 0 Å². The molecule has 0 spiro atoms. The highest BCUT2D eigenvalue weighted by molar-refractivity contribution is 5.98. The van der Waals surface area contributed by atoms with E-state index in [9.17, 15) is 23.6 Å². The Bertz CT molecular complexity index is 1980. The van der Waals surface area contributed by atoms with E-state index in [0.29, 0.717) is 16.8 Å². The number of methoxy groups -OCH3 is 1. The van der Waals surface area contributed by atoms with Crippen LogP contribution in [0.4, 0.5) is 15.0 Å². The molecule has 0 aliphatic heterocycles. The van der Waals surface area contributed by atoms with E-state index in [2.05, 4.69) is 35.5 Å². The lowest BCUT2D eigenvalue weighted by molar-refractivity contribution is -0.122. The number of rotatable bonds is 10. The summed E-state index contributed by atoms with van der Waals surface area (Å²) in [5.74, 6) is -2.77. The molecule has 1 atom stereocenters. The third kappa shape index (κ3) is 6.38. The maximum atomic E-state index is 13.7. The van der Waals surface area contributed by atoms with Crippen LogP contribution < -0.4 is 16.2 Å². The van der Waals surface area contributed by atoms with E-state index in [4.69, 9.17) is 8.83 Å². The maximum absolute atomic E-state index is 13.7. The van der Waals surface area contributed by atoms with Gasteiger partial charge in [-0.15, -0.1) is 10.2 Å². The lowest BCUT2D eigenvalue weighted by Gasteiger charge is -2.21. The van der Waals surface area contributed by atoms with Gasteiger partial charge in [-0.05, 0) is 37.5 Å². The van der Waals surface area contributed by atoms with E-state index >= 15 is 0 Å². The fourth-order valence-corrected chi connectivity index (χ4v) is 4.58. The Morgan fingerprint density at radius 1 is 1.04 bits per heavy atom. The summed E-state index contributed by atoms with van der Waals surface area (Å²) in [7, 11) is 1.13. The van der Waals surface area contributed by atoms with Crippen LogP contribution in [0, 0.1) is 11.7 Å². The fourth-order valence-electron chi connectivity index (χ4n) is 4.58. The van der Waals surface area contributed by atoms with Crippen LogP contribution in [0.3, 0.4) is 0 Å². The van der Waals surface area contributed by atoms with Crippen LogP contribution in [0.1, 0.15) is 50.2 Å². The van der Waals surface area contributed by atoms with Gasteiger partial charge in [0.15, 0.2) is 5.58 Å². The van der Waals surface area contributed by atoms with E-state index in [1.54, 1.807) is 58.0 Å². The minimum atomic E-state index is -1.11. The molecule has 5 rings (SSSR count). The van der Waals surface area contributed by atoms with E-state index in [1.807, 2.05) is 0 Å². The van der Waals surface area contributed by atoms with Gasteiger partial charge < -0.3 is 18.9 Å². The number of amides is 2. The first-order valence-corrected chi connectivity index (χ1v) is 14.1. The first-order chi connectivity index (χ1) is 21.9. The number of anilines is 1. The van der Waals surface area contributed by atoms with Gasteiger partial charge in [-0.3, -0.25) is 24.3 Å². The van der Waals surface area contributed by atoms with Crippen molar-refractivity contribution in [1.29, 1.82) is 0 Å². The molecule has 0 aliphatic rings. The average molecular weight is 632 g/mol. The zero-order chi connectivity index (χ0) is 33.2. The van der Waals surface area contributed by atoms with Crippen molar-refractivity contribution in [1.82, 2.24) is 30.0 Å². The van der Waals surface area contributed by atoms with Crippen molar-refractivity contribution in [2.24, 2.45) is 5.92 Å². The molecule has 5 aromatic rings. The summed E-state index contributed by atoms with van der Waals surface area (Å²) in [6.07, 6.45) is 0.431. The van der Waals surface area contributed by atoms with Crippen LogP contribution in [-0.4, -0.2) is 55.7 Å². The molecule has 0 saturated heterocycles. The zero-order valence-electron chi connectivity index (χ0n) is 25.5. The van der Waals surface area contributed by atoms with Crippen LogP contribution in [0.2, 0.25) is 0 Å². The lowest BCUT2D eigenvalue weighted by Crippen LogP contribution is -2.46. The summed E-state index contributed by atoms with van der Waals surface area (Å²) < 4.78 is 30.9. The number of Topliss-reactive ketones (excluding diaryl/α,β-unsaturated/α-hetero) is 1. The van der Waals surface area contributed by atoms with Gasteiger partial charge in [-0.1, -0.05) is 44.2 Å². The molecule has 0 saturated carbocycles. The second kappa shape index (κ2) is 12.7. The molecule has 0 fully saturated rings. The second-order valence-electron chi connectivity index (χ2n) is 11.2. The summed E-state index contributed by atoms with van der Waals surface area (Å²) in [5, 5.41) is 12.9. The molecule has 46 heavy (non-hydrogen) atoms. The quantitative estimate of drug-likeness (QED) is 0.212. The van der Waals surface area contributed by atoms with Gasteiger partial charge in [0.2, 0.25) is 29.3 Å². The minimum absolute atomic E-state index is 0.0122. The molecule has 2 N–H and O–H groups in total. The second-order valence-corrected chi connectivity index (χ2v) is 11.2. The molecule has 14 nitrogen and oxygen atoms in total. The normalized spacial score (nSPS) is 12.2. The monoisotopic (exact) mass is 631 g/mol. The van der Waals surface area contributed by atoms with Crippen molar-refractivity contribution in [3.05, 3.63) is 88.6 Å². The molecule has 3 heterocycles. The third-order valence-corrected chi connectivity index (χ3v) is 7.15. The number of oxazole rings is 1. The number of nitrogens with one attached hydrogen (secondary N) is 2. The number of hydrogen-bond acceptors (Lipinski definition) is 11. The predicted molar refractivity (Wildman–Crippen MR) is 161 cm³/mol. The fraction of sp³-hybridized carbons (Fsp3) is 0.290. The molecule has 15 heteroatoms. The maximum Gasteiger partial charge on any atom is 0.412 e. The Balaban J connectivity index is 1.39. The highest BCUT2D eigenvalue weighted by Crippen LogP contribution is 2.32. The van der Waals surface area contributed by atoms with Crippen molar-refractivity contribution in [3.8, 4) is 11.3 Å². The van der Waals surface area contributed by atoms with Gasteiger partial charge in [-0.25, -0.2) is 19.2 Å². The highest BCUT2D eigenvalue weighted by atomic mass is 19.1.